The molecule has 2 rings (SSSR count). The van der Waals surface area contributed by atoms with Gasteiger partial charge in [-0.3, -0.25) is 14.0 Å². The SMILES string of the molecule is Cc1cn2c(CC(=O)NCCCCCC(=O)O)csc2n1. The Morgan fingerprint density at radius 1 is 1.38 bits per heavy atom. The van der Waals surface area contributed by atoms with Crippen molar-refractivity contribution < 1.29 is 14.7 Å². The molecule has 0 bridgehead atoms. The number of hydrogen-bond acceptors (Lipinski definition) is 4. The van der Waals surface area contributed by atoms with Crippen molar-refractivity contribution in [3.63, 3.8) is 0 Å². The maximum absolute atomic E-state index is 11.9. The van der Waals surface area contributed by atoms with Crippen LogP contribution in [0.2, 0.25) is 0 Å². The van der Waals surface area contributed by atoms with Crippen molar-refractivity contribution >= 4 is 28.2 Å². The fourth-order valence-corrected chi connectivity index (χ4v) is 3.02. The molecule has 0 saturated heterocycles. The number of nitrogens with one attached hydrogen (secondary N) is 1. The minimum absolute atomic E-state index is 0.0145. The molecule has 21 heavy (non-hydrogen) atoms. The van der Waals surface area contributed by atoms with E-state index in [1.807, 2.05) is 22.9 Å². The quantitative estimate of drug-likeness (QED) is 0.731. The number of aromatic nitrogens is 2. The van der Waals surface area contributed by atoms with E-state index in [1.54, 1.807) is 0 Å². The van der Waals surface area contributed by atoms with Crippen molar-refractivity contribution in [1.29, 1.82) is 0 Å². The Bertz CT molecular complexity index is 632. The van der Waals surface area contributed by atoms with Gasteiger partial charge in [0.15, 0.2) is 4.96 Å². The summed E-state index contributed by atoms with van der Waals surface area (Å²) < 4.78 is 1.95. The van der Waals surface area contributed by atoms with Crippen molar-refractivity contribution in [2.24, 2.45) is 0 Å². The smallest absolute Gasteiger partial charge is 0.303 e. The summed E-state index contributed by atoms with van der Waals surface area (Å²) in [5.41, 5.74) is 1.89. The van der Waals surface area contributed by atoms with Crippen molar-refractivity contribution in [3.05, 3.63) is 23.0 Å². The number of amides is 1. The third-order valence-electron chi connectivity index (χ3n) is 3.14. The van der Waals surface area contributed by atoms with Crippen LogP contribution < -0.4 is 5.32 Å². The second-order valence-electron chi connectivity index (χ2n) is 4.99. The van der Waals surface area contributed by atoms with Crippen molar-refractivity contribution in [2.45, 2.75) is 39.0 Å². The van der Waals surface area contributed by atoms with Crippen LogP contribution in [0.5, 0.6) is 0 Å². The summed E-state index contributed by atoms with van der Waals surface area (Å²) in [5.74, 6) is -0.782. The van der Waals surface area contributed by atoms with Gasteiger partial charge >= 0.3 is 5.97 Å². The van der Waals surface area contributed by atoms with Crippen LogP contribution in [0.25, 0.3) is 4.96 Å². The molecule has 0 aliphatic carbocycles. The van der Waals surface area contributed by atoms with Crippen LogP contribution in [-0.4, -0.2) is 32.9 Å². The van der Waals surface area contributed by atoms with Crippen LogP contribution >= 0.6 is 11.3 Å². The monoisotopic (exact) mass is 309 g/mol. The topological polar surface area (TPSA) is 83.7 Å². The number of imidazole rings is 1. The Morgan fingerprint density at radius 2 is 2.19 bits per heavy atom. The summed E-state index contributed by atoms with van der Waals surface area (Å²) in [4.78, 5) is 27.5. The third kappa shape index (κ3) is 4.56. The largest absolute Gasteiger partial charge is 0.481 e. The van der Waals surface area contributed by atoms with Gasteiger partial charge in [0.25, 0.3) is 0 Å². The van der Waals surface area contributed by atoms with Crippen molar-refractivity contribution in [3.8, 4) is 0 Å². The molecule has 114 valence electrons. The number of carbonyl (C=O) groups is 2. The Morgan fingerprint density at radius 3 is 2.95 bits per heavy atom. The third-order valence-corrected chi connectivity index (χ3v) is 4.02. The Labute approximate surface area is 126 Å². The number of thiazole rings is 1. The highest BCUT2D eigenvalue weighted by Crippen LogP contribution is 2.16. The fourth-order valence-electron chi connectivity index (χ4n) is 2.10. The second-order valence-corrected chi connectivity index (χ2v) is 5.83. The molecule has 0 aliphatic rings. The first-order valence-electron chi connectivity index (χ1n) is 6.97. The van der Waals surface area contributed by atoms with E-state index >= 15 is 0 Å². The van der Waals surface area contributed by atoms with Gasteiger partial charge in [-0.15, -0.1) is 11.3 Å². The lowest BCUT2D eigenvalue weighted by Gasteiger charge is -2.04. The lowest BCUT2D eigenvalue weighted by molar-refractivity contribution is -0.137. The average Bonchev–Trinajstić information content (AvgIpc) is 2.94. The number of aliphatic carboxylic acids is 1. The Hall–Kier alpha value is -1.89. The first kappa shape index (κ1) is 15.5. The lowest BCUT2D eigenvalue weighted by atomic mass is 10.2. The molecule has 2 aromatic rings. The number of nitrogens with zero attached hydrogens (tertiary/aromatic N) is 2. The number of fused-ring (bicyclic) bond motifs is 1. The van der Waals surface area contributed by atoms with Crippen LogP contribution in [0.3, 0.4) is 0 Å². The van der Waals surface area contributed by atoms with Crippen molar-refractivity contribution in [2.75, 3.05) is 6.54 Å². The number of hydrogen-bond donors (Lipinski definition) is 2. The molecule has 0 aromatic carbocycles. The van der Waals surface area contributed by atoms with Gasteiger partial charge in [0.2, 0.25) is 5.91 Å². The number of unbranched alkanes of at least 4 members (excludes halogenated alkanes) is 2. The molecule has 2 N–H and O–H groups in total. The normalized spacial score (nSPS) is 10.9. The van der Waals surface area contributed by atoms with E-state index in [4.69, 9.17) is 5.11 Å². The molecule has 0 spiro atoms. The van der Waals surface area contributed by atoms with Gasteiger partial charge in [-0.25, -0.2) is 4.98 Å². The molecule has 0 atom stereocenters. The minimum atomic E-state index is -0.767. The van der Waals surface area contributed by atoms with Gasteiger partial charge in [-0.2, -0.15) is 0 Å². The molecule has 1 amide bonds. The van der Waals surface area contributed by atoms with E-state index in [-0.39, 0.29) is 12.3 Å². The van der Waals surface area contributed by atoms with Crippen LogP contribution in [0.4, 0.5) is 0 Å². The number of carboxylic acids is 1. The summed E-state index contributed by atoms with van der Waals surface area (Å²) in [6, 6.07) is 0. The van der Waals surface area contributed by atoms with Crippen LogP contribution in [0.1, 0.15) is 37.1 Å². The molecule has 0 saturated carbocycles. The second kappa shape index (κ2) is 7.21. The first-order valence-corrected chi connectivity index (χ1v) is 7.85. The van der Waals surface area contributed by atoms with E-state index < -0.39 is 5.97 Å². The average molecular weight is 309 g/mol. The van der Waals surface area contributed by atoms with E-state index in [2.05, 4.69) is 10.3 Å². The van der Waals surface area contributed by atoms with E-state index in [0.717, 1.165) is 29.2 Å². The molecule has 6 nitrogen and oxygen atoms in total. The summed E-state index contributed by atoms with van der Waals surface area (Å²) in [6.07, 6.45) is 4.75. The summed E-state index contributed by atoms with van der Waals surface area (Å²) in [7, 11) is 0. The lowest BCUT2D eigenvalue weighted by Crippen LogP contribution is -2.26. The van der Waals surface area contributed by atoms with Crippen LogP contribution in [-0.2, 0) is 16.0 Å². The maximum atomic E-state index is 11.9. The highest BCUT2D eigenvalue weighted by molar-refractivity contribution is 7.15. The summed E-state index contributed by atoms with van der Waals surface area (Å²) in [6.45, 7) is 2.52. The molecule has 2 aromatic heterocycles. The van der Waals surface area contributed by atoms with Gasteiger partial charge in [0, 0.05) is 30.2 Å². The van der Waals surface area contributed by atoms with Crippen LogP contribution in [0.15, 0.2) is 11.6 Å². The molecule has 0 radical (unpaired) electrons. The van der Waals surface area contributed by atoms with E-state index in [0.29, 0.717) is 19.4 Å². The summed E-state index contributed by atoms with van der Waals surface area (Å²) >= 11 is 1.53. The van der Waals surface area contributed by atoms with Gasteiger partial charge in [0.1, 0.15) is 0 Å². The molecule has 0 fully saturated rings. The van der Waals surface area contributed by atoms with E-state index in [1.165, 1.54) is 11.3 Å². The molecule has 0 unspecified atom stereocenters. The predicted octanol–water partition coefficient (Wildman–Crippen LogP) is 2.01. The number of rotatable bonds is 8. The zero-order valence-corrected chi connectivity index (χ0v) is 12.8. The van der Waals surface area contributed by atoms with Crippen molar-refractivity contribution in [1.82, 2.24) is 14.7 Å². The molecule has 2 heterocycles. The predicted molar refractivity (Wildman–Crippen MR) is 80.6 cm³/mol. The summed E-state index contributed by atoms with van der Waals surface area (Å²) in [5, 5.41) is 13.3. The zero-order valence-electron chi connectivity index (χ0n) is 12.0. The maximum Gasteiger partial charge on any atom is 0.303 e. The first-order chi connectivity index (χ1) is 10.1. The highest BCUT2D eigenvalue weighted by atomic mass is 32.1. The van der Waals surface area contributed by atoms with Gasteiger partial charge in [-0.1, -0.05) is 6.42 Å². The van der Waals surface area contributed by atoms with Gasteiger partial charge < -0.3 is 10.4 Å². The standard InChI is InChI=1S/C14H19N3O3S/c1-10-8-17-11(9-21-14(17)16-10)7-12(18)15-6-4-2-3-5-13(19)20/h8-9H,2-7H2,1H3,(H,15,18)(H,19,20). The zero-order chi connectivity index (χ0) is 15.2. The van der Waals surface area contributed by atoms with E-state index in [9.17, 15) is 9.59 Å². The minimum Gasteiger partial charge on any atom is -0.481 e. The molecule has 0 aliphatic heterocycles. The number of carbonyl (C=O) groups excluding carboxylic acids is 1. The van der Waals surface area contributed by atoms with Gasteiger partial charge in [-0.05, 0) is 19.8 Å². The fraction of sp³-hybridized carbons (Fsp3) is 0.500. The Kier molecular flexibility index (Phi) is 5.32. The van der Waals surface area contributed by atoms with Crippen LogP contribution in [0, 0.1) is 6.92 Å². The number of carboxylic acid groups (broad SMARTS) is 1. The van der Waals surface area contributed by atoms with Gasteiger partial charge in [0.05, 0.1) is 12.1 Å². The molecular weight excluding hydrogens is 290 g/mol. The molecular formula is C14H19N3O3S. The number of aryl methyl sites for hydroxylation is 1. The molecule has 7 heteroatoms. The Balaban J connectivity index is 1.71. The highest BCUT2D eigenvalue weighted by Gasteiger charge is 2.10.